The van der Waals surface area contributed by atoms with E-state index in [2.05, 4.69) is 0 Å². The summed E-state index contributed by atoms with van der Waals surface area (Å²) in [7, 11) is 0. The molecule has 0 aromatic heterocycles. The van der Waals surface area contributed by atoms with E-state index in [0.717, 1.165) is 5.56 Å². The van der Waals surface area contributed by atoms with Crippen LogP contribution in [-0.4, -0.2) is 28.4 Å². The zero-order valence-corrected chi connectivity index (χ0v) is 9.38. The molecule has 0 fully saturated rings. The number of thioether (sulfide) groups is 1. The molecule has 0 atom stereocenters. The zero-order valence-electron chi connectivity index (χ0n) is 8.56. The van der Waals surface area contributed by atoms with E-state index in [1.54, 1.807) is 12.1 Å². The van der Waals surface area contributed by atoms with Gasteiger partial charge in [0.2, 0.25) is 0 Å². The van der Waals surface area contributed by atoms with Crippen LogP contribution in [0.25, 0.3) is 0 Å². The molecular weight excluding hydrogens is 212 g/mol. The van der Waals surface area contributed by atoms with Crippen LogP contribution in [0.1, 0.15) is 22.8 Å². The Bertz CT molecular complexity index is 350. The van der Waals surface area contributed by atoms with Crippen molar-refractivity contribution in [1.82, 2.24) is 0 Å². The maximum Gasteiger partial charge on any atom is 0.159 e. The summed E-state index contributed by atoms with van der Waals surface area (Å²) < 4.78 is 0. The van der Waals surface area contributed by atoms with E-state index in [4.69, 9.17) is 5.11 Å². The van der Waals surface area contributed by atoms with Crippen LogP contribution in [-0.2, 0) is 5.75 Å². The monoisotopic (exact) mass is 226 g/mol. The molecule has 0 saturated carbocycles. The lowest BCUT2D eigenvalue weighted by molar-refractivity contribution is 0.101. The fourth-order valence-electron chi connectivity index (χ4n) is 1.17. The highest BCUT2D eigenvalue weighted by atomic mass is 32.2. The normalized spacial score (nSPS) is 10.3. The Labute approximate surface area is 93.1 Å². The lowest BCUT2D eigenvalue weighted by Crippen LogP contribution is -1.94. The second kappa shape index (κ2) is 5.78. The molecule has 3 nitrogen and oxygen atoms in total. The van der Waals surface area contributed by atoms with E-state index in [9.17, 15) is 9.90 Å². The standard InChI is InChI=1S/C11H14O3S/c1-8(13)9-2-3-11(14)10(6-9)7-15-5-4-12/h2-3,6,12,14H,4-5,7H2,1H3. The summed E-state index contributed by atoms with van der Waals surface area (Å²) in [6.07, 6.45) is 0. The summed E-state index contributed by atoms with van der Waals surface area (Å²) in [5.74, 6) is 1.42. The molecule has 1 aromatic carbocycles. The van der Waals surface area contributed by atoms with Gasteiger partial charge in [0, 0.05) is 22.6 Å². The van der Waals surface area contributed by atoms with E-state index < -0.39 is 0 Å². The fraction of sp³-hybridized carbons (Fsp3) is 0.364. The molecule has 82 valence electrons. The third-order valence-corrected chi connectivity index (χ3v) is 2.97. The van der Waals surface area contributed by atoms with Crippen molar-refractivity contribution in [2.75, 3.05) is 12.4 Å². The average Bonchev–Trinajstić information content (AvgIpc) is 2.20. The number of aromatic hydroxyl groups is 1. The first-order valence-electron chi connectivity index (χ1n) is 4.66. The van der Waals surface area contributed by atoms with Gasteiger partial charge in [-0.3, -0.25) is 4.79 Å². The van der Waals surface area contributed by atoms with Gasteiger partial charge in [-0.15, -0.1) is 0 Å². The van der Waals surface area contributed by atoms with Gasteiger partial charge in [0.25, 0.3) is 0 Å². The maximum atomic E-state index is 11.1. The molecule has 0 aliphatic heterocycles. The van der Waals surface area contributed by atoms with Crippen molar-refractivity contribution in [2.45, 2.75) is 12.7 Å². The van der Waals surface area contributed by atoms with Crippen molar-refractivity contribution in [1.29, 1.82) is 0 Å². The Morgan fingerprint density at radius 3 is 2.80 bits per heavy atom. The van der Waals surface area contributed by atoms with Gasteiger partial charge in [0.1, 0.15) is 5.75 Å². The molecule has 0 aliphatic rings. The van der Waals surface area contributed by atoms with Crippen LogP contribution >= 0.6 is 11.8 Å². The van der Waals surface area contributed by atoms with E-state index in [1.807, 2.05) is 0 Å². The van der Waals surface area contributed by atoms with Crippen molar-refractivity contribution in [3.63, 3.8) is 0 Å². The summed E-state index contributed by atoms with van der Waals surface area (Å²) in [6.45, 7) is 1.62. The summed E-state index contributed by atoms with van der Waals surface area (Å²) in [5.41, 5.74) is 1.34. The third kappa shape index (κ3) is 3.57. The molecule has 4 heteroatoms. The Morgan fingerprint density at radius 2 is 2.20 bits per heavy atom. The Morgan fingerprint density at radius 1 is 1.47 bits per heavy atom. The number of phenolic OH excluding ortho intramolecular Hbond substituents is 1. The molecule has 0 spiro atoms. The van der Waals surface area contributed by atoms with Crippen LogP contribution < -0.4 is 0 Å². The van der Waals surface area contributed by atoms with E-state index in [1.165, 1.54) is 24.8 Å². The number of carbonyl (C=O) groups excluding carboxylic acids is 1. The number of benzene rings is 1. The molecule has 0 saturated heterocycles. The number of hydrogen-bond acceptors (Lipinski definition) is 4. The first-order chi connectivity index (χ1) is 7.15. The van der Waals surface area contributed by atoms with E-state index in [0.29, 0.717) is 17.1 Å². The number of hydrogen-bond donors (Lipinski definition) is 2. The van der Waals surface area contributed by atoms with Gasteiger partial charge in [0.15, 0.2) is 5.78 Å². The minimum atomic E-state index is -0.0107. The summed E-state index contributed by atoms with van der Waals surface area (Å²) in [4.78, 5) is 11.1. The molecule has 15 heavy (non-hydrogen) atoms. The number of aliphatic hydroxyl groups excluding tert-OH is 1. The summed E-state index contributed by atoms with van der Waals surface area (Å²) in [6, 6.07) is 4.84. The fourth-order valence-corrected chi connectivity index (χ4v) is 1.89. The van der Waals surface area contributed by atoms with Gasteiger partial charge in [-0.2, -0.15) is 11.8 Å². The van der Waals surface area contributed by atoms with Crippen molar-refractivity contribution in [3.05, 3.63) is 29.3 Å². The minimum absolute atomic E-state index is 0.0107. The minimum Gasteiger partial charge on any atom is -0.508 e. The third-order valence-electron chi connectivity index (χ3n) is 1.98. The predicted molar refractivity (Wildman–Crippen MR) is 61.4 cm³/mol. The highest BCUT2D eigenvalue weighted by Gasteiger charge is 2.05. The van der Waals surface area contributed by atoms with Crippen molar-refractivity contribution >= 4 is 17.5 Å². The van der Waals surface area contributed by atoms with Gasteiger partial charge >= 0.3 is 0 Å². The lowest BCUT2D eigenvalue weighted by Gasteiger charge is -2.05. The summed E-state index contributed by atoms with van der Waals surface area (Å²) in [5, 5.41) is 18.1. The molecule has 0 bridgehead atoms. The van der Waals surface area contributed by atoms with E-state index in [-0.39, 0.29) is 18.1 Å². The number of rotatable bonds is 5. The lowest BCUT2D eigenvalue weighted by atomic mass is 10.1. The Balaban J connectivity index is 2.76. The number of Topliss-reactive ketones (excluding diaryl/α,β-unsaturated/α-hetero) is 1. The van der Waals surface area contributed by atoms with E-state index >= 15 is 0 Å². The van der Waals surface area contributed by atoms with Gasteiger partial charge in [-0.1, -0.05) is 0 Å². The molecular formula is C11H14O3S. The number of phenols is 1. The van der Waals surface area contributed by atoms with Crippen molar-refractivity contribution in [3.8, 4) is 5.75 Å². The Kier molecular flexibility index (Phi) is 4.65. The van der Waals surface area contributed by atoms with Crippen molar-refractivity contribution < 1.29 is 15.0 Å². The number of ketones is 1. The average molecular weight is 226 g/mol. The Hall–Kier alpha value is -1.00. The first kappa shape index (κ1) is 12.1. The first-order valence-corrected chi connectivity index (χ1v) is 5.82. The van der Waals surface area contributed by atoms with Crippen LogP contribution in [0.15, 0.2) is 18.2 Å². The molecule has 0 amide bonds. The van der Waals surface area contributed by atoms with Gasteiger partial charge in [-0.05, 0) is 25.1 Å². The topological polar surface area (TPSA) is 57.5 Å². The van der Waals surface area contributed by atoms with Crippen LogP contribution in [0, 0.1) is 0 Å². The van der Waals surface area contributed by atoms with Crippen LogP contribution in [0.2, 0.25) is 0 Å². The second-order valence-corrected chi connectivity index (χ2v) is 4.28. The quantitative estimate of drug-likeness (QED) is 0.594. The molecule has 0 unspecified atom stereocenters. The number of carbonyl (C=O) groups is 1. The zero-order chi connectivity index (χ0) is 11.3. The van der Waals surface area contributed by atoms with Crippen LogP contribution in [0.4, 0.5) is 0 Å². The van der Waals surface area contributed by atoms with Gasteiger partial charge in [-0.25, -0.2) is 0 Å². The summed E-state index contributed by atoms with van der Waals surface area (Å²) >= 11 is 1.52. The second-order valence-electron chi connectivity index (χ2n) is 3.18. The van der Waals surface area contributed by atoms with Gasteiger partial charge in [0.05, 0.1) is 6.61 Å². The molecule has 1 rings (SSSR count). The largest absolute Gasteiger partial charge is 0.508 e. The molecule has 0 radical (unpaired) electrons. The van der Waals surface area contributed by atoms with Crippen molar-refractivity contribution in [2.24, 2.45) is 0 Å². The molecule has 0 heterocycles. The van der Waals surface area contributed by atoms with Gasteiger partial charge < -0.3 is 10.2 Å². The van der Waals surface area contributed by atoms with Crippen LogP contribution in [0.5, 0.6) is 5.75 Å². The predicted octanol–water partition coefficient (Wildman–Crippen LogP) is 1.82. The molecule has 1 aromatic rings. The number of aliphatic hydroxyl groups is 1. The highest BCUT2D eigenvalue weighted by Crippen LogP contribution is 2.23. The molecule has 0 aliphatic carbocycles. The highest BCUT2D eigenvalue weighted by molar-refractivity contribution is 7.98. The maximum absolute atomic E-state index is 11.1. The molecule has 2 N–H and O–H groups in total. The smallest absolute Gasteiger partial charge is 0.159 e. The SMILES string of the molecule is CC(=O)c1ccc(O)c(CSCCO)c1. The van der Waals surface area contributed by atoms with Crippen LogP contribution in [0.3, 0.4) is 0 Å².